The van der Waals surface area contributed by atoms with Crippen molar-refractivity contribution in [2.75, 3.05) is 13.7 Å². The summed E-state index contributed by atoms with van der Waals surface area (Å²) in [5, 5.41) is 0. The Morgan fingerprint density at radius 3 is 2.92 bits per heavy atom. The van der Waals surface area contributed by atoms with Gasteiger partial charge in [0, 0.05) is 13.5 Å². The van der Waals surface area contributed by atoms with E-state index in [1.54, 1.807) is 7.11 Å². The molecule has 2 unspecified atom stereocenters. The van der Waals surface area contributed by atoms with Crippen molar-refractivity contribution in [2.45, 2.75) is 37.2 Å². The Labute approximate surface area is 73.8 Å². The molecular formula is C8H15BO3. The van der Waals surface area contributed by atoms with E-state index in [1.165, 1.54) is 0 Å². The maximum Gasteiger partial charge on any atom is 0.142 e. The van der Waals surface area contributed by atoms with Gasteiger partial charge in [-0.2, -0.15) is 0 Å². The average molecular weight is 170 g/mol. The van der Waals surface area contributed by atoms with Gasteiger partial charge in [-0.25, -0.2) is 0 Å². The van der Waals surface area contributed by atoms with Gasteiger partial charge in [0.15, 0.2) is 0 Å². The number of fused-ring (bicyclic) bond motifs is 2. The van der Waals surface area contributed by atoms with E-state index < -0.39 is 0 Å². The third-order valence-electron chi connectivity index (χ3n) is 3.00. The summed E-state index contributed by atoms with van der Waals surface area (Å²) in [6, 6.07) is 0.233. The fourth-order valence-electron chi connectivity index (χ4n) is 2.26. The maximum absolute atomic E-state index is 5.85. The normalized spacial score (nSPS) is 51.7. The summed E-state index contributed by atoms with van der Waals surface area (Å²) < 4.78 is 16.7. The van der Waals surface area contributed by atoms with Crippen LogP contribution in [0.5, 0.6) is 0 Å². The number of rotatable bonds is 2. The van der Waals surface area contributed by atoms with Crippen LogP contribution in [-0.2, 0) is 14.2 Å². The van der Waals surface area contributed by atoms with E-state index in [4.69, 9.17) is 14.2 Å². The van der Waals surface area contributed by atoms with Crippen LogP contribution in [-0.4, -0.2) is 45.4 Å². The number of hydrogen-bond donors (Lipinski definition) is 0. The molecule has 4 heteroatoms. The summed E-state index contributed by atoms with van der Waals surface area (Å²) in [6.45, 7) is 2.71. The lowest BCUT2D eigenvalue weighted by Crippen LogP contribution is -2.46. The van der Waals surface area contributed by atoms with E-state index >= 15 is 0 Å². The van der Waals surface area contributed by atoms with Gasteiger partial charge in [-0.15, -0.1) is 0 Å². The van der Waals surface area contributed by atoms with Crippen LogP contribution < -0.4 is 0 Å². The minimum Gasteiger partial charge on any atom is -0.382 e. The second kappa shape index (κ2) is 2.72. The quantitative estimate of drug-likeness (QED) is 0.524. The van der Waals surface area contributed by atoms with Gasteiger partial charge in [0.2, 0.25) is 0 Å². The highest BCUT2D eigenvalue weighted by Crippen LogP contribution is 2.43. The van der Waals surface area contributed by atoms with Gasteiger partial charge in [0.1, 0.15) is 13.4 Å². The van der Waals surface area contributed by atoms with Crippen molar-refractivity contribution in [2.24, 2.45) is 0 Å². The first-order chi connectivity index (χ1) is 5.68. The highest BCUT2D eigenvalue weighted by atomic mass is 16.6. The Hall–Kier alpha value is -0.0551. The smallest absolute Gasteiger partial charge is 0.142 e. The molecule has 0 spiro atoms. The van der Waals surface area contributed by atoms with Crippen molar-refractivity contribution in [1.82, 2.24) is 0 Å². The van der Waals surface area contributed by atoms with Crippen LogP contribution in [0.4, 0.5) is 0 Å². The van der Waals surface area contributed by atoms with Crippen LogP contribution in [0.15, 0.2) is 0 Å². The molecule has 0 amide bonds. The minimum atomic E-state index is -0.154. The Morgan fingerprint density at radius 1 is 1.67 bits per heavy atom. The summed E-state index contributed by atoms with van der Waals surface area (Å²) in [6.07, 6.45) is 1.46. The predicted octanol–water partition coefficient (Wildman–Crippen LogP) is -0.462. The average Bonchev–Trinajstić information content (AvgIpc) is 2.43. The molecule has 0 N–H and O–H groups in total. The first-order valence-corrected chi connectivity index (χ1v) is 4.50. The number of methoxy groups -OCH3 is 1. The third kappa shape index (κ3) is 1.02. The van der Waals surface area contributed by atoms with Crippen molar-refractivity contribution in [3.8, 4) is 0 Å². The fourth-order valence-corrected chi connectivity index (χ4v) is 2.26. The first kappa shape index (κ1) is 8.54. The van der Waals surface area contributed by atoms with E-state index in [2.05, 4.69) is 14.8 Å². The molecule has 2 fully saturated rings. The molecule has 3 nitrogen and oxygen atoms in total. The summed E-state index contributed by atoms with van der Waals surface area (Å²) in [5.41, 5.74) is -0.154. The van der Waals surface area contributed by atoms with Crippen LogP contribution in [0.3, 0.4) is 0 Å². The molecule has 0 saturated carbocycles. The topological polar surface area (TPSA) is 27.7 Å². The van der Waals surface area contributed by atoms with Crippen molar-refractivity contribution in [3.63, 3.8) is 0 Å². The van der Waals surface area contributed by atoms with Crippen molar-refractivity contribution in [1.29, 1.82) is 0 Å². The number of ether oxygens (including phenoxy) is 3. The molecule has 0 aromatic heterocycles. The standard InChI is InChI=1S/C8H15BO3/c1-5-8(4-10-2)3-6(11-5)7(9)12-8/h5-7H,3-4,9H2,1-2H3/t5?,6?,7-,8+/m1/s1. The highest BCUT2D eigenvalue weighted by Gasteiger charge is 2.56. The molecule has 2 aliphatic rings. The van der Waals surface area contributed by atoms with E-state index in [0.717, 1.165) is 6.42 Å². The molecule has 2 rings (SSSR count). The van der Waals surface area contributed by atoms with E-state index in [0.29, 0.717) is 6.61 Å². The number of hydrogen-bond acceptors (Lipinski definition) is 3. The Morgan fingerprint density at radius 2 is 2.42 bits per heavy atom. The molecule has 2 bridgehead atoms. The Balaban J connectivity index is 2.13. The largest absolute Gasteiger partial charge is 0.382 e. The zero-order chi connectivity index (χ0) is 8.77. The molecule has 2 heterocycles. The van der Waals surface area contributed by atoms with Crippen molar-refractivity contribution >= 4 is 7.85 Å². The zero-order valence-corrected chi connectivity index (χ0v) is 7.87. The second-order valence-electron chi connectivity index (χ2n) is 3.84. The molecule has 4 atom stereocenters. The lowest BCUT2D eigenvalue weighted by molar-refractivity contribution is -0.171. The van der Waals surface area contributed by atoms with Gasteiger partial charge in [-0.1, -0.05) is 0 Å². The van der Waals surface area contributed by atoms with E-state index in [9.17, 15) is 0 Å². The van der Waals surface area contributed by atoms with E-state index in [-0.39, 0.29) is 23.8 Å². The third-order valence-corrected chi connectivity index (χ3v) is 3.00. The summed E-state index contributed by atoms with van der Waals surface area (Å²) in [7, 11) is 3.77. The Kier molecular flexibility index (Phi) is 1.94. The van der Waals surface area contributed by atoms with Gasteiger partial charge in [0.05, 0.1) is 24.8 Å². The summed E-state index contributed by atoms with van der Waals surface area (Å²) in [5.74, 6) is 0. The van der Waals surface area contributed by atoms with Crippen LogP contribution in [0.1, 0.15) is 13.3 Å². The van der Waals surface area contributed by atoms with Crippen LogP contribution in [0.25, 0.3) is 0 Å². The lowest BCUT2D eigenvalue weighted by Gasteiger charge is -2.34. The van der Waals surface area contributed by atoms with Crippen molar-refractivity contribution in [3.05, 3.63) is 0 Å². The Bertz CT molecular complexity index is 183. The van der Waals surface area contributed by atoms with Crippen LogP contribution in [0.2, 0.25) is 0 Å². The van der Waals surface area contributed by atoms with E-state index in [1.807, 2.05) is 0 Å². The van der Waals surface area contributed by atoms with Gasteiger partial charge >= 0.3 is 0 Å². The fraction of sp³-hybridized carbons (Fsp3) is 1.00. The molecule has 68 valence electrons. The van der Waals surface area contributed by atoms with Gasteiger partial charge in [-0.3, -0.25) is 0 Å². The molecule has 0 aromatic rings. The lowest BCUT2D eigenvalue weighted by atomic mass is 9.93. The van der Waals surface area contributed by atoms with Gasteiger partial charge in [0.25, 0.3) is 0 Å². The molecule has 0 aromatic carbocycles. The predicted molar refractivity (Wildman–Crippen MR) is 47.0 cm³/mol. The van der Waals surface area contributed by atoms with Crippen LogP contribution in [0, 0.1) is 0 Å². The zero-order valence-electron chi connectivity index (χ0n) is 7.87. The van der Waals surface area contributed by atoms with Gasteiger partial charge in [-0.05, 0) is 6.92 Å². The van der Waals surface area contributed by atoms with Crippen molar-refractivity contribution < 1.29 is 14.2 Å². The molecule has 12 heavy (non-hydrogen) atoms. The first-order valence-electron chi connectivity index (χ1n) is 4.50. The second-order valence-corrected chi connectivity index (χ2v) is 3.84. The summed E-state index contributed by atoms with van der Waals surface area (Å²) in [4.78, 5) is 0. The minimum absolute atomic E-state index is 0.154. The molecule has 2 aliphatic heterocycles. The molecule has 2 saturated heterocycles. The maximum atomic E-state index is 5.85. The van der Waals surface area contributed by atoms with Crippen LogP contribution >= 0.6 is 0 Å². The monoisotopic (exact) mass is 170 g/mol. The summed E-state index contributed by atoms with van der Waals surface area (Å²) >= 11 is 0. The molecule has 0 aliphatic carbocycles. The highest BCUT2D eigenvalue weighted by molar-refractivity contribution is 6.11. The SMILES string of the molecule is B[C@@H]1O[C@]2(COC)CC1OC2C. The van der Waals surface area contributed by atoms with Gasteiger partial charge < -0.3 is 14.2 Å². The molecule has 0 radical (unpaired) electrons. The molecular weight excluding hydrogens is 155 g/mol.